The van der Waals surface area contributed by atoms with Crippen LogP contribution in [0.1, 0.15) is 6.92 Å². The van der Waals surface area contributed by atoms with Crippen LogP contribution >= 0.6 is 6.72 Å². The number of fused-ring (bicyclic) bond motifs is 1. The summed E-state index contributed by atoms with van der Waals surface area (Å²) in [6, 6.07) is 0. The highest BCUT2D eigenvalue weighted by atomic mass is 32.5. The third-order valence-corrected chi connectivity index (χ3v) is 6.17. The molecule has 8 nitrogen and oxygen atoms in total. The molecule has 0 aliphatic carbocycles. The lowest BCUT2D eigenvalue weighted by Gasteiger charge is -2.34. The van der Waals surface area contributed by atoms with E-state index in [-0.39, 0.29) is 19.1 Å². The van der Waals surface area contributed by atoms with Gasteiger partial charge in [-0.3, -0.25) is 9.32 Å². The van der Waals surface area contributed by atoms with Crippen LogP contribution in [0.3, 0.4) is 0 Å². The van der Waals surface area contributed by atoms with Crippen molar-refractivity contribution >= 4 is 24.4 Å². The first kappa shape index (κ1) is 17.8. The molecule has 2 N–H and O–H groups in total. The van der Waals surface area contributed by atoms with E-state index in [4.69, 9.17) is 30.1 Å². The van der Waals surface area contributed by atoms with Crippen molar-refractivity contribution in [3.63, 3.8) is 0 Å². The second kappa shape index (κ2) is 6.68. The first-order valence-corrected chi connectivity index (χ1v) is 9.89. The standard InChI is InChI=1S/C14H19N2O6PS/c1-4-5-19-23(24)20-7-10-12(22-23)11(17)14(21-10)16-6-8(2)13(18)15-9(16)3/h4,6,10-12,14,17H,1,3,5,7H2,2H3,(H,15,18)/t10-,11?,12?,14-,23?/m1/s1. The van der Waals surface area contributed by atoms with Crippen LogP contribution in [-0.4, -0.2) is 53.7 Å². The second-order valence-electron chi connectivity index (χ2n) is 5.57. The van der Waals surface area contributed by atoms with Crippen LogP contribution in [0.4, 0.5) is 0 Å². The molecule has 3 unspecified atom stereocenters. The van der Waals surface area contributed by atoms with Crippen molar-refractivity contribution < 1.29 is 28.2 Å². The molecular weight excluding hydrogens is 355 g/mol. The van der Waals surface area contributed by atoms with Crippen LogP contribution < -0.4 is 5.32 Å². The Hall–Kier alpha value is -1.06. The fourth-order valence-electron chi connectivity index (χ4n) is 2.64. The summed E-state index contributed by atoms with van der Waals surface area (Å²) >= 11 is 5.28. The number of ether oxygens (including phenoxy) is 1. The maximum atomic E-state index is 11.6. The number of amides is 1. The van der Waals surface area contributed by atoms with Gasteiger partial charge in [0.05, 0.1) is 13.2 Å². The van der Waals surface area contributed by atoms with E-state index in [1.165, 1.54) is 0 Å². The molecule has 3 rings (SSSR count). The molecule has 0 aromatic heterocycles. The van der Waals surface area contributed by atoms with Crippen molar-refractivity contribution in [2.45, 2.75) is 31.5 Å². The molecule has 0 spiro atoms. The summed E-state index contributed by atoms with van der Waals surface area (Å²) in [6.07, 6.45) is 0.172. The number of nitrogens with one attached hydrogen (secondary N) is 1. The maximum Gasteiger partial charge on any atom is 0.328 e. The number of rotatable bonds is 4. The molecule has 5 atom stereocenters. The Labute approximate surface area is 144 Å². The second-order valence-corrected chi connectivity index (χ2v) is 8.54. The maximum absolute atomic E-state index is 11.6. The van der Waals surface area contributed by atoms with Gasteiger partial charge in [-0.15, -0.1) is 6.58 Å². The molecule has 0 aromatic carbocycles. The van der Waals surface area contributed by atoms with Gasteiger partial charge in [-0.2, -0.15) is 0 Å². The minimum atomic E-state index is -2.95. The molecule has 1 amide bonds. The highest BCUT2D eigenvalue weighted by molar-refractivity contribution is 8.07. The molecule has 3 heterocycles. The molecule has 132 valence electrons. The zero-order valence-electron chi connectivity index (χ0n) is 13.1. The Morgan fingerprint density at radius 2 is 2.42 bits per heavy atom. The van der Waals surface area contributed by atoms with E-state index in [0.29, 0.717) is 11.4 Å². The van der Waals surface area contributed by atoms with Crippen LogP contribution in [0, 0.1) is 0 Å². The summed E-state index contributed by atoms with van der Waals surface area (Å²) in [5, 5.41) is 13.2. The number of carbonyl (C=O) groups excluding carboxylic acids is 1. The molecule has 2 saturated heterocycles. The number of hydrogen-bond acceptors (Lipinski definition) is 8. The Kier molecular flexibility index (Phi) is 4.94. The predicted octanol–water partition coefficient (Wildman–Crippen LogP) is 0.721. The molecule has 0 bridgehead atoms. The first-order chi connectivity index (χ1) is 11.3. The van der Waals surface area contributed by atoms with Gasteiger partial charge in [0, 0.05) is 11.8 Å². The molecule has 0 radical (unpaired) electrons. The Morgan fingerprint density at radius 3 is 3.12 bits per heavy atom. The summed E-state index contributed by atoms with van der Waals surface area (Å²) in [7, 11) is 0. The Balaban J connectivity index is 1.76. The van der Waals surface area contributed by atoms with Gasteiger partial charge in [-0.1, -0.05) is 12.7 Å². The smallest absolute Gasteiger partial charge is 0.328 e. The summed E-state index contributed by atoms with van der Waals surface area (Å²) < 4.78 is 22.5. The molecule has 0 saturated carbocycles. The summed E-state index contributed by atoms with van der Waals surface area (Å²) in [5.74, 6) is 0.0746. The van der Waals surface area contributed by atoms with Crippen LogP contribution in [0.5, 0.6) is 0 Å². The molecular formula is C14H19N2O6PS. The van der Waals surface area contributed by atoms with Gasteiger partial charge in [0.1, 0.15) is 24.1 Å². The number of aliphatic hydroxyl groups excluding tert-OH is 1. The van der Waals surface area contributed by atoms with Gasteiger partial charge in [-0.25, -0.2) is 0 Å². The fraction of sp³-hybridized carbons (Fsp3) is 0.500. The largest absolute Gasteiger partial charge is 0.386 e. The summed E-state index contributed by atoms with van der Waals surface area (Å²) in [4.78, 5) is 13.2. The lowest BCUT2D eigenvalue weighted by molar-refractivity contribution is -0.119. The number of carbonyl (C=O) groups is 1. The third-order valence-electron chi connectivity index (χ3n) is 3.84. The summed E-state index contributed by atoms with van der Waals surface area (Å²) in [6.45, 7) is 6.41. The molecule has 24 heavy (non-hydrogen) atoms. The lowest BCUT2D eigenvalue weighted by atomic mass is 10.1. The third kappa shape index (κ3) is 3.21. The molecule has 10 heteroatoms. The number of hydrogen-bond donors (Lipinski definition) is 2. The normalized spacial score (nSPS) is 39.2. The van der Waals surface area contributed by atoms with Crippen LogP contribution in [0.2, 0.25) is 0 Å². The molecule has 0 aromatic rings. The van der Waals surface area contributed by atoms with E-state index in [9.17, 15) is 9.90 Å². The zero-order chi connectivity index (χ0) is 17.5. The number of nitrogens with zero attached hydrogens (tertiary/aromatic N) is 1. The van der Waals surface area contributed by atoms with E-state index < -0.39 is 31.3 Å². The van der Waals surface area contributed by atoms with Crippen LogP contribution in [0.15, 0.2) is 36.8 Å². The quantitative estimate of drug-likeness (QED) is 0.550. The molecule has 3 aliphatic heterocycles. The number of aliphatic hydroxyl groups is 1. The zero-order valence-corrected chi connectivity index (χ0v) is 14.8. The van der Waals surface area contributed by atoms with Crippen molar-refractivity contribution in [1.29, 1.82) is 0 Å². The van der Waals surface area contributed by atoms with Crippen molar-refractivity contribution in [3.05, 3.63) is 36.8 Å². The van der Waals surface area contributed by atoms with Gasteiger partial charge in [0.2, 0.25) is 0 Å². The first-order valence-electron chi connectivity index (χ1n) is 7.33. The molecule has 3 aliphatic rings. The average molecular weight is 374 g/mol. The van der Waals surface area contributed by atoms with Crippen molar-refractivity contribution in [2.75, 3.05) is 13.2 Å². The Bertz CT molecular complexity index is 653. The van der Waals surface area contributed by atoms with Gasteiger partial charge >= 0.3 is 6.72 Å². The average Bonchev–Trinajstić information content (AvgIpc) is 2.85. The lowest BCUT2D eigenvalue weighted by Crippen LogP contribution is -2.47. The highest BCUT2D eigenvalue weighted by Gasteiger charge is 2.53. The van der Waals surface area contributed by atoms with Gasteiger partial charge in [0.15, 0.2) is 6.23 Å². The van der Waals surface area contributed by atoms with Crippen LogP contribution in [-0.2, 0) is 34.9 Å². The van der Waals surface area contributed by atoms with E-state index in [0.717, 1.165) is 0 Å². The van der Waals surface area contributed by atoms with Crippen molar-refractivity contribution in [1.82, 2.24) is 10.2 Å². The van der Waals surface area contributed by atoms with Crippen molar-refractivity contribution in [3.8, 4) is 0 Å². The predicted molar refractivity (Wildman–Crippen MR) is 88.8 cm³/mol. The van der Waals surface area contributed by atoms with Gasteiger partial charge < -0.3 is 29.1 Å². The topological polar surface area (TPSA) is 89.5 Å². The van der Waals surface area contributed by atoms with Gasteiger partial charge in [-0.05, 0) is 18.7 Å². The van der Waals surface area contributed by atoms with E-state index in [1.807, 2.05) is 0 Å². The SMILES string of the molecule is C=CCOP1(=S)OC[C@H]2O[C@@H](N3C=C(C)C(=O)NC3=C)C(O)C2O1. The summed E-state index contributed by atoms with van der Waals surface area (Å²) in [5.41, 5.74) is 0.477. The van der Waals surface area contributed by atoms with E-state index in [1.54, 1.807) is 24.1 Å². The van der Waals surface area contributed by atoms with Gasteiger partial charge in [0.25, 0.3) is 5.91 Å². The monoisotopic (exact) mass is 374 g/mol. The minimum Gasteiger partial charge on any atom is -0.386 e. The molecule has 2 fully saturated rings. The van der Waals surface area contributed by atoms with Crippen LogP contribution in [0.25, 0.3) is 0 Å². The minimum absolute atomic E-state index is 0.155. The van der Waals surface area contributed by atoms with Crippen molar-refractivity contribution in [2.24, 2.45) is 0 Å². The highest BCUT2D eigenvalue weighted by Crippen LogP contribution is 2.56. The fourth-order valence-corrected chi connectivity index (χ4v) is 4.67. The van der Waals surface area contributed by atoms with E-state index in [2.05, 4.69) is 18.5 Å². The Morgan fingerprint density at radius 1 is 1.67 bits per heavy atom. The van der Waals surface area contributed by atoms with E-state index >= 15 is 0 Å².